The van der Waals surface area contributed by atoms with Crippen LogP contribution in [0.4, 0.5) is 13.2 Å². The molecule has 3 heterocycles. The van der Waals surface area contributed by atoms with Crippen molar-refractivity contribution >= 4 is 29.1 Å². The fourth-order valence-corrected chi connectivity index (χ4v) is 4.75. The number of aliphatic carboxylic acids is 1. The van der Waals surface area contributed by atoms with E-state index in [9.17, 15) is 32.7 Å². The summed E-state index contributed by atoms with van der Waals surface area (Å²) in [6, 6.07) is 0. The molecule has 7 nitrogen and oxygen atoms in total. The number of carbonyl (C=O) groups excluding carboxylic acids is 2. The number of rotatable bonds is 3. The Balaban J connectivity index is 1.49. The first kappa shape index (κ1) is 18.2. The number of halogens is 3. The van der Waals surface area contributed by atoms with Crippen LogP contribution < -0.4 is 0 Å². The van der Waals surface area contributed by atoms with Gasteiger partial charge in [-0.25, -0.2) is 0 Å². The number of amides is 2. The van der Waals surface area contributed by atoms with E-state index in [2.05, 4.69) is 4.98 Å². The number of likely N-dealkylation sites (tertiary alicyclic amines) is 2. The quantitative estimate of drug-likeness (QED) is 0.826. The van der Waals surface area contributed by atoms with E-state index in [0.717, 1.165) is 16.2 Å². The number of nitrogens with zero attached hydrogens (tertiary/aromatic N) is 3. The summed E-state index contributed by atoms with van der Waals surface area (Å²) in [5.74, 6) is -3.35. The van der Waals surface area contributed by atoms with Gasteiger partial charge in [0.2, 0.25) is 5.91 Å². The second kappa shape index (κ2) is 5.66. The second-order valence-electron chi connectivity index (χ2n) is 7.55. The van der Waals surface area contributed by atoms with Crippen LogP contribution in [-0.4, -0.2) is 70.0 Å². The molecule has 27 heavy (non-hydrogen) atoms. The van der Waals surface area contributed by atoms with E-state index in [4.69, 9.17) is 0 Å². The van der Waals surface area contributed by atoms with Gasteiger partial charge in [-0.3, -0.25) is 19.4 Å². The Morgan fingerprint density at radius 2 is 1.81 bits per heavy atom. The lowest BCUT2D eigenvalue weighted by atomic mass is 9.71. The molecule has 1 atom stereocenters. The molecule has 11 heteroatoms. The highest BCUT2D eigenvalue weighted by Gasteiger charge is 2.71. The Morgan fingerprint density at radius 3 is 2.30 bits per heavy atom. The Morgan fingerprint density at radius 1 is 1.19 bits per heavy atom. The van der Waals surface area contributed by atoms with Gasteiger partial charge in [0.15, 0.2) is 0 Å². The maximum atomic E-state index is 13.2. The van der Waals surface area contributed by atoms with Gasteiger partial charge < -0.3 is 14.9 Å². The van der Waals surface area contributed by atoms with Crippen molar-refractivity contribution in [1.82, 2.24) is 14.8 Å². The summed E-state index contributed by atoms with van der Waals surface area (Å²) in [6.07, 6.45) is -3.65. The lowest BCUT2D eigenvalue weighted by molar-refractivity contribution is -0.206. The summed E-state index contributed by atoms with van der Waals surface area (Å²) >= 11 is 1.13. The van der Waals surface area contributed by atoms with Gasteiger partial charge in [0.25, 0.3) is 5.91 Å². The van der Waals surface area contributed by atoms with Gasteiger partial charge in [-0.1, -0.05) is 0 Å². The highest BCUT2D eigenvalue weighted by Crippen LogP contribution is 2.60. The minimum Gasteiger partial charge on any atom is -0.481 e. The number of alkyl halides is 3. The van der Waals surface area contributed by atoms with E-state index in [1.165, 1.54) is 16.6 Å². The van der Waals surface area contributed by atoms with Crippen molar-refractivity contribution < 1.29 is 32.7 Å². The number of thiazole rings is 1. The average molecular weight is 403 g/mol. The van der Waals surface area contributed by atoms with Gasteiger partial charge in [0, 0.05) is 31.6 Å². The molecule has 2 aliphatic heterocycles. The van der Waals surface area contributed by atoms with Crippen molar-refractivity contribution in [3.05, 3.63) is 16.6 Å². The summed E-state index contributed by atoms with van der Waals surface area (Å²) in [7, 11) is 0. The van der Waals surface area contributed by atoms with E-state index in [1.54, 1.807) is 0 Å². The number of hydrogen-bond donors (Lipinski definition) is 1. The average Bonchev–Trinajstić information content (AvgIpc) is 3.05. The van der Waals surface area contributed by atoms with Crippen molar-refractivity contribution in [2.45, 2.75) is 19.0 Å². The minimum atomic E-state index is -4.59. The lowest BCUT2D eigenvalue weighted by Crippen LogP contribution is -2.65. The number of carbonyl (C=O) groups is 3. The first-order valence-electron chi connectivity index (χ1n) is 8.36. The summed E-state index contributed by atoms with van der Waals surface area (Å²) in [4.78, 5) is 43.2. The van der Waals surface area contributed by atoms with Crippen LogP contribution in [0.2, 0.25) is 0 Å². The standard InChI is InChI=1S/C16H16F3N3O4S/c17-16(18,19)15(1-2-15)13(26)22-6-14(7-22)5-21(4-9(14)12(24)25)11(23)10-3-20-8-27-10/h3,8-9H,1-2,4-7H2,(H,24,25)/t9-/m0/s1. The molecular formula is C16H16F3N3O4S. The zero-order valence-corrected chi connectivity index (χ0v) is 14.8. The molecule has 0 bridgehead atoms. The second-order valence-corrected chi connectivity index (χ2v) is 8.43. The maximum Gasteiger partial charge on any atom is 0.403 e. The smallest absolute Gasteiger partial charge is 0.403 e. The third-order valence-corrected chi connectivity index (χ3v) is 6.64. The molecule has 0 aromatic carbocycles. The van der Waals surface area contributed by atoms with Crippen LogP contribution in [0.1, 0.15) is 22.5 Å². The first-order chi connectivity index (χ1) is 12.6. The third-order valence-electron chi connectivity index (χ3n) is 5.88. The summed E-state index contributed by atoms with van der Waals surface area (Å²) in [5, 5.41) is 9.54. The van der Waals surface area contributed by atoms with Crippen LogP contribution in [-0.2, 0) is 9.59 Å². The molecule has 1 aromatic rings. The fraction of sp³-hybridized carbons (Fsp3) is 0.625. The molecule has 4 rings (SSSR count). The minimum absolute atomic E-state index is 0.0293. The predicted octanol–water partition coefficient (Wildman–Crippen LogP) is 1.47. The van der Waals surface area contributed by atoms with Gasteiger partial charge in [0.1, 0.15) is 10.3 Å². The van der Waals surface area contributed by atoms with Gasteiger partial charge >= 0.3 is 12.1 Å². The summed E-state index contributed by atoms with van der Waals surface area (Å²) in [5.41, 5.74) is -1.71. The third kappa shape index (κ3) is 2.62. The number of hydrogen-bond acceptors (Lipinski definition) is 5. The van der Waals surface area contributed by atoms with Gasteiger partial charge in [-0.05, 0) is 12.8 Å². The molecular weight excluding hydrogens is 387 g/mol. The van der Waals surface area contributed by atoms with Gasteiger partial charge in [-0.15, -0.1) is 11.3 Å². The highest BCUT2D eigenvalue weighted by atomic mass is 32.1. The van der Waals surface area contributed by atoms with E-state index in [0.29, 0.717) is 4.88 Å². The number of carboxylic acids is 1. The number of carboxylic acid groups (broad SMARTS) is 1. The summed E-state index contributed by atoms with van der Waals surface area (Å²) in [6.45, 7) is -0.0811. The molecule has 0 radical (unpaired) electrons. The Labute approximate surface area is 155 Å². The van der Waals surface area contributed by atoms with Crippen molar-refractivity contribution in [3.8, 4) is 0 Å². The van der Waals surface area contributed by atoms with E-state index < -0.39 is 34.8 Å². The molecule has 1 aliphatic carbocycles. The Hall–Kier alpha value is -2.17. The summed E-state index contributed by atoms with van der Waals surface area (Å²) < 4.78 is 39.5. The van der Waals surface area contributed by atoms with Crippen LogP contribution in [0.15, 0.2) is 11.7 Å². The van der Waals surface area contributed by atoms with Crippen LogP contribution in [0.5, 0.6) is 0 Å². The molecule has 3 fully saturated rings. The zero-order valence-electron chi connectivity index (χ0n) is 14.0. The topological polar surface area (TPSA) is 90.8 Å². The Bertz CT molecular complexity index is 800. The first-order valence-corrected chi connectivity index (χ1v) is 9.24. The van der Waals surface area contributed by atoms with Crippen molar-refractivity contribution in [3.63, 3.8) is 0 Å². The monoisotopic (exact) mass is 403 g/mol. The molecule has 1 saturated carbocycles. The largest absolute Gasteiger partial charge is 0.481 e. The van der Waals surface area contributed by atoms with Crippen molar-refractivity contribution in [1.29, 1.82) is 0 Å². The normalized spacial score (nSPS) is 25.4. The molecule has 1 spiro atoms. The molecule has 1 N–H and O–H groups in total. The molecule has 0 unspecified atom stereocenters. The SMILES string of the molecule is O=C(O)[C@@H]1CN(C(=O)c2cncs2)CC12CN(C(=O)C1(C(F)(F)F)CC1)C2. The van der Waals surface area contributed by atoms with E-state index in [-0.39, 0.29) is 44.9 Å². The van der Waals surface area contributed by atoms with E-state index >= 15 is 0 Å². The zero-order chi connectivity index (χ0) is 19.6. The lowest BCUT2D eigenvalue weighted by Gasteiger charge is -2.50. The molecule has 3 aliphatic rings. The molecule has 2 amide bonds. The maximum absolute atomic E-state index is 13.2. The van der Waals surface area contributed by atoms with E-state index in [1.807, 2.05) is 0 Å². The molecule has 2 saturated heterocycles. The van der Waals surface area contributed by atoms with Crippen LogP contribution in [0.3, 0.4) is 0 Å². The van der Waals surface area contributed by atoms with Crippen LogP contribution in [0, 0.1) is 16.7 Å². The fourth-order valence-electron chi connectivity index (χ4n) is 4.17. The molecule has 1 aromatic heterocycles. The molecule has 146 valence electrons. The van der Waals surface area contributed by atoms with Crippen molar-refractivity contribution in [2.24, 2.45) is 16.7 Å². The van der Waals surface area contributed by atoms with Crippen molar-refractivity contribution in [2.75, 3.05) is 26.2 Å². The predicted molar refractivity (Wildman–Crippen MR) is 85.9 cm³/mol. The number of aromatic nitrogens is 1. The Kier molecular flexibility index (Phi) is 3.82. The van der Waals surface area contributed by atoms with Crippen LogP contribution >= 0.6 is 11.3 Å². The van der Waals surface area contributed by atoms with Gasteiger partial charge in [0.05, 0.1) is 17.6 Å². The van der Waals surface area contributed by atoms with Crippen LogP contribution in [0.25, 0.3) is 0 Å². The van der Waals surface area contributed by atoms with Gasteiger partial charge in [-0.2, -0.15) is 13.2 Å². The highest BCUT2D eigenvalue weighted by molar-refractivity contribution is 7.11.